The van der Waals surface area contributed by atoms with Gasteiger partial charge in [-0.15, -0.1) is 0 Å². The van der Waals surface area contributed by atoms with E-state index in [1.165, 1.54) is 0 Å². The number of thiocarbonyl (C=S) groups is 1. The van der Waals surface area contributed by atoms with Crippen LogP contribution in [0.3, 0.4) is 0 Å². The molecule has 0 aromatic carbocycles. The van der Waals surface area contributed by atoms with Crippen molar-refractivity contribution in [2.45, 2.75) is 6.92 Å². The molecule has 1 aromatic rings. The van der Waals surface area contributed by atoms with Crippen LogP contribution >= 0.6 is 12.2 Å². The minimum Gasteiger partial charge on any atom is -0.389 e. The number of anilines is 1. The molecule has 0 spiro atoms. The fourth-order valence-electron chi connectivity index (χ4n) is 1.47. The van der Waals surface area contributed by atoms with Gasteiger partial charge in [0.1, 0.15) is 10.8 Å². The zero-order chi connectivity index (χ0) is 12.3. The Hall–Kier alpha value is -0.950. The van der Waals surface area contributed by atoms with E-state index in [4.69, 9.17) is 18.0 Å². The largest absolute Gasteiger partial charge is 0.389 e. The monoisotopic (exact) mass is 260 g/mol. The van der Waals surface area contributed by atoms with Gasteiger partial charge in [0, 0.05) is 36.4 Å². The molecule has 0 aliphatic rings. The zero-order valence-corrected chi connectivity index (χ0v) is 11.2. The Balaban J connectivity index is 2.86. The normalized spacial score (nSPS) is 12.4. The Morgan fingerprint density at radius 3 is 2.81 bits per heavy atom. The van der Waals surface area contributed by atoms with E-state index in [9.17, 15) is 4.21 Å². The number of nitrogens with zero attached hydrogens (tertiary/aromatic N) is 2. The van der Waals surface area contributed by atoms with Crippen molar-refractivity contribution >= 4 is 33.8 Å². The molecule has 1 unspecified atom stereocenters. The quantitative estimate of drug-likeness (QED) is 0.738. The number of nitrogens with one attached hydrogen (secondary N) is 1. The third-order valence-electron chi connectivity index (χ3n) is 2.15. The SMILES string of the molecule is Cc1nn(C)c(NCCS(C)=O)c1C(N)=S. The smallest absolute Gasteiger partial charge is 0.134 e. The molecule has 0 aliphatic carbocycles. The van der Waals surface area contributed by atoms with Crippen molar-refractivity contribution in [2.24, 2.45) is 12.8 Å². The number of nitrogens with two attached hydrogens (primary N) is 1. The van der Waals surface area contributed by atoms with E-state index >= 15 is 0 Å². The number of aryl methyl sites for hydroxylation is 2. The van der Waals surface area contributed by atoms with E-state index in [2.05, 4.69) is 10.4 Å². The predicted octanol–water partition coefficient (Wildman–Crippen LogP) is 0.153. The molecule has 7 heteroatoms. The molecule has 0 radical (unpaired) electrons. The summed E-state index contributed by atoms with van der Waals surface area (Å²) in [7, 11) is 1.01. The Morgan fingerprint density at radius 2 is 2.31 bits per heavy atom. The van der Waals surface area contributed by atoms with Gasteiger partial charge in [-0.3, -0.25) is 8.89 Å². The summed E-state index contributed by atoms with van der Waals surface area (Å²) in [6.07, 6.45) is 1.67. The standard InChI is InChI=1S/C9H16N4OS2/c1-6-7(8(10)15)9(13(2)12-6)11-4-5-16(3)14/h11H,4-5H2,1-3H3,(H2,10,15). The van der Waals surface area contributed by atoms with Crippen molar-refractivity contribution in [3.8, 4) is 0 Å². The van der Waals surface area contributed by atoms with Crippen LogP contribution < -0.4 is 11.1 Å². The van der Waals surface area contributed by atoms with Gasteiger partial charge in [-0.1, -0.05) is 12.2 Å². The van der Waals surface area contributed by atoms with E-state index in [0.29, 0.717) is 17.3 Å². The lowest BCUT2D eigenvalue weighted by Gasteiger charge is -2.08. The summed E-state index contributed by atoms with van der Waals surface area (Å²) in [5, 5.41) is 7.40. The van der Waals surface area contributed by atoms with Crippen LogP contribution in [0.1, 0.15) is 11.3 Å². The molecule has 3 N–H and O–H groups in total. The maximum absolute atomic E-state index is 10.9. The molecule has 5 nitrogen and oxygen atoms in total. The van der Waals surface area contributed by atoms with Gasteiger partial charge in [0.05, 0.1) is 11.3 Å². The van der Waals surface area contributed by atoms with Crippen molar-refractivity contribution in [1.29, 1.82) is 0 Å². The molecule has 0 fully saturated rings. The molecule has 1 aromatic heterocycles. The second-order valence-corrected chi connectivity index (χ2v) is 5.50. The molecule has 0 saturated heterocycles. The highest BCUT2D eigenvalue weighted by Crippen LogP contribution is 2.18. The van der Waals surface area contributed by atoms with Crippen LogP contribution in [0.15, 0.2) is 0 Å². The molecule has 16 heavy (non-hydrogen) atoms. The molecular weight excluding hydrogens is 244 g/mol. The lowest BCUT2D eigenvalue weighted by Crippen LogP contribution is -2.17. The van der Waals surface area contributed by atoms with Crippen LogP contribution in [0.4, 0.5) is 5.82 Å². The second-order valence-electron chi connectivity index (χ2n) is 3.50. The number of rotatable bonds is 5. The molecule has 1 rings (SSSR count). The first-order valence-electron chi connectivity index (χ1n) is 4.80. The van der Waals surface area contributed by atoms with Crippen molar-refractivity contribution in [3.05, 3.63) is 11.3 Å². The summed E-state index contributed by atoms with van der Waals surface area (Å²) in [6.45, 7) is 2.47. The van der Waals surface area contributed by atoms with E-state index < -0.39 is 10.8 Å². The second kappa shape index (κ2) is 5.40. The van der Waals surface area contributed by atoms with Crippen LogP contribution in [0, 0.1) is 6.92 Å². The minimum atomic E-state index is -0.813. The van der Waals surface area contributed by atoms with Crippen LogP contribution in [-0.4, -0.2) is 37.5 Å². The maximum Gasteiger partial charge on any atom is 0.134 e. The molecule has 90 valence electrons. The van der Waals surface area contributed by atoms with Crippen molar-refractivity contribution in [1.82, 2.24) is 9.78 Å². The van der Waals surface area contributed by atoms with E-state index in [0.717, 1.165) is 17.1 Å². The van der Waals surface area contributed by atoms with Gasteiger partial charge in [-0.2, -0.15) is 5.10 Å². The Kier molecular flexibility index (Phi) is 4.43. The molecule has 0 aliphatic heterocycles. The molecule has 0 bridgehead atoms. The average molecular weight is 260 g/mol. The molecule has 0 amide bonds. The summed E-state index contributed by atoms with van der Waals surface area (Å²) in [4.78, 5) is 0.325. The van der Waals surface area contributed by atoms with E-state index in [-0.39, 0.29) is 0 Å². The molecule has 1 atom stereocenters. The van der Waals surface area contributed by atoms with E-state index in [1.54, 1.807) is 10.9 Å². The predicted molar refractivity (Wildman–Crippen MR) is 71.3 cm³/mol. The zero-order valence-electron chi connectivity index (χ0n) is 9.61. The Morgan fingerprint density at radius 1 is 1.69 bits per heavy atom. The van der Waals surface area contributed by atoms with Gasteiger partial charge in [-0.25, -0.2) is 0 Å². The van der Waals surface area contributed by atoms with Gasteiger partial charge in [0.25, 0.3) is 0 Å². The van der Waals surface area contributed by atoms with Gasteiger partial charge in [0.15, 0.2) is 0 Å². The number of aromatic nitrogens is 2. The van der Waals surface area contributed by atoms with Gasteiger partial charge in [-0.05, 0) is 6.92 Å². The van der Waals surface area contributed by atoms with Crippen LogP contribution in [-0.2, 0) is 17.8 Å². The highest BCUT2D eigenvalue weighted by Gasteiger charge is 2.14. The lowest BCUT2D eigenvalue weighted by molar-refractivity contribution is 0.686. The van der Waals surface area contributed by atoms with Gasteiger partial charge < -0.3 is 11.1 Å². The highest BCUT2D eigenvalue weighted by atomic mass is 32.2. The van der Waals surface area contributed by atoms with Crippen LogP contribution in [0.5, 0.6) is 0 Å². The lowest BCUT2D eigenvalue weighted by atomic mass is 10.2. The summed E-state index contributed by atoms with van der Waals surface area (Å²) in [5.41, 5.74) is 7.20. The number of hydrogen-bond donors (Lipinski definition) is 2. The van der Waals surface area contributed by atoms with Crippen molar-refractivity contribution in [2.75, 3.05) is 23.9 Å². The fraction of sp³-hybridized carbons (Fsp3) is 0.556. The molecular formula is C9H16N4OS2. The third-order valence-corrected chi connectivity index (χ3v) is 3.13. The third kappa shape index (κ3) is 3.02. The topological polar surface area (TPSA) is 72.9 Å². The Bertz CT molecular complexity index is 427. The van der Waals surface area contributed by atoms with E-state index in [1.807, 2.05) is 14.0 Å². The van der Waals surface area contributed by atoms with Crippen LogP contribution in [0.25, 0.3) is 0 Å². The van der Waals surface area contributed by atoms with Gasteiger partial charge in [0.2, 0.25) is 0 Å². The summed E-state index contributed by atoms with van der Waals surface area (Å²) in [5.74, 6) is 1.37. The molecule has 1 heterocycles. The summed E-state index contributed by atoms with van der Waals surface area (Å²) >= 11 is 4.98. The Labute approximate surface area is 103 Å². The summed E-state index contributed by atoms with van der Waals surface area (Å²) in [6, 6.07) is 0. The first-order valence-corrected chi connectivity index (χ1v) is 6.94. The first kappa shape index (κ1) is 13.1. The highest BCUT2D eigenvalue weighted by molar-refractivity contribution is 7.84. The van der Waals surface area contributed by atoms with Crippen LogP contribution in [0.2, 0.25) is 0 Å². The van der Waals surface area contributed by atoms with Gasteiger partial charge >= 0.3 is 0 Å². The first-order chi connectivity index (χ1) is 7.43. The fourth-order valence-corrected chi connectivity index (χ4v) is 2.10. The van der Waals surface area contributed by atoms with Crippen molar-refractivity contribution in [3.63, 3.8) is 0 Å². The minimum absolute atomic E-state index is 0.325. The average Bonchev–Trinajstić information content (AvgIpc) is 2.40. The number of hydrogen-bond acceptors (Lipinski definition) is 4. The molecule has 0 saturated carbocycles. The van der Waals surface area contributed by atoms with Crippen molar-refractivity contribution < 1.29 is 4.21 Å². The maximum atomic E-state index is 10.9. The summed E-state index contributed by atoms with van der Waals surface area (Å²) < 4.78 is 12.6.